The number of hydrogen-bond acceptors (Lipinski definition) is 9. The van der Waals surface area contributed by atoms with Gasteiger partial charge in [-0.25, -0.2) is 24.6 Å². The number of carbonyl (C=O) groups is 1. The van der Waals surface area contributed by atoms with Gasteiger partial charge in [0.25, 0.3) is 0 Å². The molecule has 1 saturated heterocycles. The van der Waals surface area contributed by atoms with Crippen LogP contribution in [0.25, 0.3) is 11.3 Å². The number of alkyl halides is 6. The number of nitrogens with zero attached hydrogens (tertiary/aromatic N) is 8. The standard InChI is InChI=1S/C23H26F6N8O2S/c1-21(2,3)18-32-12-36(34-18)11-15(39)37-6-5-35(10-14(37)4-7-38)17-16(33-20(40-17)23(27,28)29)13-8-30-19(31-9-13)22(24,25)26/h8-9,12,14,38H,4-7,10-11H2,1-3H3/t14-/m1/s1. The molecule has 40 heavy (non-hydrogen) atoms. The Morgan fingerprint density at radius 3 is 2.25 bits per heavy atom. The van der Waals surface area contributed by atoms with Crippen LogP contribution in [0.2, 0.25) is 0 Å². The highest BCUT2D eigenvalue weighted by Gasteiger charge is 2.40. The number of aromatic nitrogens is 6. The minimum absolute atomic E-state index is 0.0526. The van der Waals surface area contributed by atoms with Crippen molar-refractivity contribution in [3.05, 3.63) is 35.4 Å². The number of thiazole rings is 1. The van der Waals surface area contributed by atoms with Gasteiger partial charge in [-0.15, -0.1) is 0 Å². The summed E-state index contributed by atoms with van der Waals surface area (Å²) >= 11 is 0.339. The van der Waals surface area contributed by atoms with Gasteiger partial charge in [0.2, 0.25) is 16.7 Å². The van der Waals surface area contributed by atoms with Crippen molar-refractivity contribution in [3.63, 3.8) is 0 Å². The summed E-state index contributed by atoms with van der Waals surface area (Å²) in [4.78, 5) is 30.7. The third-order valence-corrected chi connectivity index (χ3v) is 7.25. The van der Waals surface area contributed by atoms with Gasteiger partial charge in [-0.05, 0) is 6.42 Å². The normalized spacial score (nSPS) is 17.0. The molecule has 4 rings (SSSR count). The maximum Gasteiger partial charge on any atom is 0.451 e. The van der Waals surface area contributed by atoms with Gasteiger partial charge in [0.05, 0.1) is 6.04 Å². The van der Waals surface area contributed by atoms with Crippen LogP contribution in [0.3, 0.4) is 0 Å². The van der Waals surface area contributed by atoms with Crippen LogP contribution < -0.4 is 4.90 Å². The largest absolute Gasteiger partial charge is 0.451 e. The summed E-state index contributed by atoms with van der Waals surface area (Å²) in [5, 5.41) is 12.9. The fourth-order valence-corrected chi connectivity index (χ4v) is 5.13. The van der Waals surface area contributed by atoms with E-state index in [2.05, 4.69) is 25.0 Å². The molecule has 3 aromatic rings. The Balaban J connectivity index is 1.59. The van der Waals surface area contributed by atoms with Gasteiger partial charge in [0, 0.05) is 49.6 Å². The number of hydrogen-bond donors (Lipinski definition) is 1. The summed E-state index contributed by atoms with van der Waals surface area (Å²) < 4.78 is 80.9. The fourth-order valence-electron chi connectivity index (χ4n) is 4.14. The highest BCUT2D eigenvalue weighted by atomic mass is 32.1. The van der Waals surface area contributed by atoms with Crippen molar-refractivity contribution in [1.82, 2.24) is 34.6 Å². The Morgan fingerprint density at radius 1 is 1.02 bits per heavy atom. The Bertz CT molecular complexity index is 1330. The van der Waals surface area contributed by atoms with Crippen LogP contribution in [0, 0.1) is 0 Å². The minimum atomic E-state index is -4.82. The molecule has 17 heteroatoms. The Morgan fingerprint density at radius 2 is 1.70 bits per heavy atom. The number of aliphatic hydroxyl groups excluding tert-OH is 1. The molecule has 1 aliphatic heterocycles. The first-order chi connectivity index (χ1) is 18.6. The number of halogens is 6. The predicted octanol–water partition coefficient (Wildman–Crippen LogP) is 3.63. The lowest BCUT2D eigenvalue weighted by atomic mass is 9.96. The molecule has 3 aromatic heterocycles. The molecule has 0 aromatic carbocycles. The SMILES string of the molecule is CC(C)(C)c1ncn(CC(=O)N2CCN(c3sc(C(F)(F)F)nc3-c3cnc(C(F)(F)F)nc3)C[C@H]2CCO)n1. The molecular weight excluding hydrogens is 566 g/mol. The lowest BCUT2D eigenvalue weighted by Gasteiger charge is -2.42. The number of carbonyl (C=O) groups excluding carboxylic acids is 1. The van der Waals surface area contributed by atoms with E-state index in [0.717, 1.165) is 12.4 Å². The van der Waals surface area contributed by atoms with Crippen molar-refractivity contribution in [1.29, 1.82) is 0 Å². The summed E-state index contributed by atoms with van der Waals surface area (Å²) in [5.74, 6) is -1.18. The lowest BCUT2D eigenvalue weighted by Crippen LogP contribution is -2.56. The van der Waals surface area contributed by atoms with Gasteiger partial charge in [-0.3, -0.25) is 4.79 Å². The predicted molar refractivity (Wildman–Crippen MR) is 131 cm³/mol. The maximum atomic E-state index is 13.6. The first kappa shape index (κ1) is 29.6. The van der Waals surface area contributed by atoms with Gasteiger partial charge in [0.15, 0.2) is 5.82 Å². The molecule has 10 nitrogen and oxygen atoms in total. The molecule has 0 spiro atoms. The number of rotatable bonds is 6. The first-order valence-corrected chi connectivity index (χ1v) is 12.9. The molecule has 1 aliphatic rings. The van der Waals surface area contributed by atoms with E-state index in [4.69, 9.17) is 0 Å². The zero-order valence-corrected chi connectivity index (χ0v) is 22.5. The molecule has 0 radical (unpaired) electrons. The highest BCUT2D eigenvalue weighted by Crippen LogP contribution is 2.43. The zero-order valence-electron chi connectivity index (χ0n) is 21.7. The van der Waals surface area contributed by atoms with Gasteiger partial charge < -0.3 is 14.9 Å². The molecule has 0 bridgehead atoms. The third kappa shape index (κ3) is 6.51. The maximum absolute atomic E-state index is 13.6. The molecule has 1 atom stereocenters. The van der Waals surface area contributed by atoms with Crippen molar-refractivity contribution in [2.75, 3.05) is 31.1 Å². The molecular formula is C23H26F6N8O2S. The molecule has 1 N–H and O–H groups in total. The van der Waals surface area contributed by atoms with Crippen LogP contribution in [0.15, 0.2) is 18.7 Å². The Labute approximate surface area is 228 Å². The average molecular weight is 593 g/mol. The van der Waals surface area contributed by atoms with Crippen molar-refractivity contribution in [2.45, 2.75) is 57.5 Å². The van der Waals surface area contributed by atoms with Crippen LogP contribution in [-0.2, 0) is 29.1 Å². The van der Waals surface area contributed by atoms with E-state index >= 15 is 0 Å². The van der Waals surface area contributed by atoms with E-state index in [9.17, 15) is 36.2 Å². The monoisotopic (exact) mass is 592 g/mol. The van der Waals surface area contributed by atoms with Gasteiger partial charge in [-0.2, -0.15) is 31.4 Å². The molecule has 0 aliphatic carbocycles. The van der Waals surface area contributed by atoms with E-state index in [1.54, 1.807) is 4.90 Å². The molecule has 0 unspecified atom stereocenters. The van der Waals surface area contributed by atoms with Gasteiger partial charge >= 0.3 is 12.4 Å². The summed E-state index contributed by atoms with van der Waals surface area (Å²) in [5.41, 5.74) is -0.655. The number of aliphatic hydroxyl groups is 1. The topological polar surface area (TPSA) is 113 Å². The van der Waals surface area contributed by atoms with E-state index in [-0.39, 0.29) is 66.8 Å². The lowest BCUT2D eigenvalue weighted by molar-refractivity contribution is -0.145. The Hall–Kier alpha value is -3.34. The van der Waals surface area contributed by atoms with E-state index in [1.165, 1.54) is 15.9 Å². The molecule has 218 valence electrons. The van der Waals surface area contributed by atoms with E-state index < -0.39 is 29.2 Å². The smallest absolute Gasteiger partial charge is 0.396 e. The third-order valence-electron chi connectivity index (χ3n) is 6.09. The van der Waals surface area contributed by atoms with E-state index in [0.29, 0.717) is 17.2 Å². The number of anilines is 1. The molecule has 1 fully saturated rings. The summed E-state index contributed by atoms with van der Waals surface area (Å²) in [6, 6.07) is -0.565. The van der Waals surface area contributed by atoms with E-state index in [1.807, 2.05) is 20.8 Å². The second kappa shape index (κ2) is 10.9. The van der Waals surface area contributed by atoms with Crippen molar-refractivity contribution in [2.24, 2.45) is 0 Å². The van der Waals surface area contributed by atoms with Crippen molar-refractivity contribution in [3.8, 4) is 11.3 Å². The van der Waals surface area contributed by atoms with Crippen LogP contribution in [-0.4, -0.2) is 77.9 Å². The molecule has 0 saturated carbocycles. The fraction of sp³-hybridized carbons (Fsp3) is 0.565. The highest BCUT2D eigenvalue weighted by molar-refractivity contribution is 7.16. The first-order valence-electron chi connectivity index (χ1n) is 12.1. The summed E-state index contributed by atoms with van der Waals surface area (Å²) in [7, 11) is 0. The quantitative estimate of drug-likeness (QED) is 0.432. The number of piperazine rings is 1. The Kier molecular flexibility index (Phi) is 8.08. The van der Waals surface area contributed by atoms with Gasteiger partial charge in [0.1, 0.15) is 23.6 Å². The van der Waals surface area contributed by atoms with Crippen LogP contribution in [0.4, 0.5) is 31.3 Å². The van der Waals surface area contributed by atoms with Crippen LogP contribution in [0.5, 0.6) is 0 Å². The molecule has 4 heterocycles. The van der Waals surface area contributed by atoms with Crippen LogP contribution in [0.1, 0.15) is 43.8 Å². The average Bonchev–Trinajstić information content (AvgIpc) is 3.51. The van der Waals surface area contributed by atoms with Crippen molar-refractivity contribution >= 4 is 22.2 Å². The number of amides is 1. The second-order valence-electron chi connectivity index (χ2n) is 10.2. The molecule has 1 amide bonds. The van der Waals surface area contributed by atoms with Crippen molar-refractivity contribution < 1.29 is 36.2 Å². The summed E-state index contributed by atoms with van der Waals surface area (Å²) in [6.07, 6.45) is -6.45. The van der Waals surface area contributed by atoms with Crippen LogP contribution >= 0.6 is 11.3 Å². The van der Waals surface area contributed by atoms with Gasteiger partial charge in [-0.1, -0.05) is 32.1 Å². The summed E-state index contributed by atoms with van der Waals surface area (Å²) in [6.45, 7) is 5.69. The zero-order chi connectivity index (χ0) is 29.5. The second-order valence-corrected chi connectivity index (χ2v) is 11.2. The minimum Gasteiger partial charge on any atom is -0.396 e.